The number of fused-ring (bicyclic) bond motifs is 1. The van der Waals surface area contributed by atoms with Crippen LogP contribution in [0.25, 0.3) is 22.3 Å². The zero-order valence-electron chi connectivity index (χ0n) is 16.7. The molecule has 0 bridgehead atoms. The van der Waals surface area contributed by atoms with Crippen LogP contribution in [0, 0.1) is 20.8 Å². The van der Waals surface area contributed by atoms with Crippen molar-refractivity contribution < 1.29 is 9.21 Å². The molecule has 0 fully saturated rings. The number of nitrogens with one attached hydrogen (secondary N) is 2. The van der Waals surface area contributed by atoms with Crippen LogP contribution >= 0.6 is 0 Å². The summed E-state index contributed by atoms with van der Waals surface area (Å²) in [4.78, 5) is 43.1. The highest BCUT2D eigenvalue weighted by Gasteiger charge is 2.12. The molecule has 0 atom stereocenters. The van der Waals surface area contributed by atoms with E-state index in [9.17, 15) is 14.4 Å². The third-order valence-corrected chi connectivity index (χ3v) is 4.69. The number of hydrogen-bond donors (Lipinski definition) is 2. The molecular weight excluding hydrogens is 382 g/mol. The first-order valence-corrected chi connectivity index (χ1v) is 9.35. The molecule has 0 unspecified atom stereocenters. The Hall–Kier alpha value is -4.00. The summed E-state index contributed by atoms with van der Waals surface area (Å²) in [6, 6.07) is 13.1. The van der Waals surface area contributed by atoms with Gasteiger partial charge in [-0.1, -0.05) is 18.2 Å². The van der Waals surface area contributed by atoms with E-state index in [0.29, 0.717) is 33.7 Å². The number of benzene rings is 2. The molecule has 4 aromatic rings. The molecule has 30 heavy (non-hydrogen) atoms. The smallest absolute Gasteiger partial charge is 0.256 e. The minimum absolute atomic E-state index is 0.115. The highest BCUT2D eigenvalue weighted by molar-refractivity contribution is 6.04. The maximum absolute atomic E-state index is 12.6. The summed E-state index contributed by atoms with van der Waals surface area (Å²) >= 11 is 0. The summed E-state index contributed by atoms with van der Waals surface area (Å²) in [6.07, 6.45) is 0. The Morgan fingerprint density at radius 1 is 1.00 bits per heavy atom. The van der Waals surface area contributed by atoms with E-state index in [1.807, 2.05) is 26.0 Å². The van der Waals surface area contributed by atoms with E-state index >= 15 is 0 Å². The highest BCUT2D eigenvalue weighted by Crippen LogP contribution is 2.25. The molecule has 7 nitrogen and oxygen atoms in total. The number of aryl methyl sites for hydroxylation is 3. The van der Waals surface area contributed by atoms with Crippen LogP contribution in [0.4, 0.5) is 5.82 Å². The number of H-pyrrole nitrogens is 1. The van der Waals surface area contributed by atoms with Crippen LogP contribution in [0.15, 0.2) is 62.5 Å². The third-order valence-electron chi connectivity index (χ3n) is 4.69. The fraction of sp³-hybridized carbons (Fsp3) is 0.130. The van der Waals surface area contributed by atoms with Gasteiger partial charge in [0.1, 0.15) is 23.0 Å². The van der Waals surface area contributed by atoms with E-state index in [-0.39, 0.29) is 16.8 Å². The van der Waals surface area contributed by atoms with Crippen LogP contribution in [-0.4, -0.2) is 15.9 Å². The average molecular weight is 401 g/mol. The van der Waals surface area contributed by atoms with Crippen molar-refractivity contribution in [2.24, 2.45) is 0 Å². The van der Waals surface area contributed by atoms with Crippen molar-refractivity contribution in [3.63, 3.8) is 0 Å². The summed E-state index contributed by atoms with van der Waals surface area (Å²) in [6.45, 7) is 5.47. The first kappa shape index (κ1) is 19.3. The molecule has 0 aliphatic rings. The van der Waals surface area contributed by atoms with Crippen molar-refractivity contribution in [2.45, 2.75) is 20.8 Å². The normalized spacial score (nSPS) is 10.9. The van der Waals surface area contributed by atoms with Gasteiger partial charge in [-0.25, -0.2) is 4.98 Å². The minimum atomic E-state index is -0.398. The monoisotopic (exact) mass is 401 g/mol. The zero-order valence-corrected chi connectivity index (χ0v) is 16.7. The summed E-state index contributed by atoms with van der Waals surface area (Å²) in [7, 11) is 0. The largest absolute Gasteiger partial charge is 0.456 e. The lowest BCUT2D eigenvalue weighted by atomic mass is 10.1. The van der Waals surface area contributed by atoms with E-state index in [1.165, 1.54) is 12.1 Å². The van der Waals surface area contributed by atoms with Gasteiger partial charge in [-0.2, -0.15) is 0 Å². The topological polar surface area (TPSA) is 105 Å². The Morgan fingerprint density at radius 3 is 2.43 bits per heavy atom. The molecular formula is C23H19N3O4. The standard InChI is InChI=1S/C23H19N3O4/c1-12-8-13(2)22-17(9-12)18(27)10-19(30-22)15-4-6-16(7-5-15)23(29)26-20-11-21(28)25-14(3)24-20/h4-11H,1-3H3,(H2,24,25,26,28,29). The Kier molecular flexibility index (Phi) is 4.79. The molecule has 0 aliphatic carbocycles. The average Bonchev–Trinajstić information content (AvgIpc) is 2.68. The Bertz CT molecular complexity index is 1400. The fourth-order valence-corrected chi connectivity index (χ4v) is 3.37. The van der Waals surface area contributed by atoms with Crippen molar-refractivity contribution in [2.75, 3.05) is 5.32 Å². The maximum atomic E-state index is 12.6. The second kappa shape index (κ2) is 7.44. The summed E-state index contributed by atoms with van der Waals surface area (Å²) < 4.78 is 5.99. The number of carbonyl (C=O) groups is 1. The number of carbonyl (C=O) groups excluding carboxylic acids is 1. The lowest BCUT2D eigenvalue weighted by Crippen LogP contribution is -2.17. The van der Waals surface area contributed by atoms with Crippen molar-refractivity contribution >= 4 is 22.7 Å². The van der Waals surface area contributed by atoms with Gasteiger partial charge in [-0.3, -0.25) is 14.4 Å². The molecule has 1 amide bonds. The lowest BCUT2D eigenvalue weighted by molar-refractivity contribution is 0.102. The van der Waals surface area contributed by atoms with Gasteiger partial charge in [-0.05, 0) is 50.1 Å². The number of aromatic amines is 1. The Labute approximate surface area is 171 Å². The maximum Gasteiger partial charge on any atom is 0.256 e. The molecule has 2 aromatic carbocycles. The lowest BCUT2D eigenvalue weighted by Gasteiger charge is -2.08. The van der Waals surface area contributed by atoms with Gasteiger partial charge in [0.05, 0.1) is 5.39 Å². The van der Waals surface area contributed by atoms with Crippen molar-refractivity contribution in [3.05, 3.63) is 91.6 Å². The Morgan fingerprint density at radius 2 is 1.73 bits per heavy atom. The van der Waals surface area contributed by atoms with Crippen molar-refractivity contribution in [1.82, 2.24) is 9.97 Å². The van der Waals surface area contributed by atoms with Crippen LogP contribution in [0.2, 0.25) is 0 Å². The van der Waals surface area contributed by atoms with E-state index in [0.717, 1.165) is 11.1 Å². The third kappa shape index (κ3) is 3.77. The molecule has 2 aromatic heterocycles. The van der Waals surface area contributed by atoms with Gasteiger partial charge in [-0.15, -0.1) is 0 Å². The van der Waals surface area contributed by atoms with E-state index < -0.39 is 5.91 Å². The molecule has 0 aliphatic heterocycles. The van der Waals surface area contributed by atoms with Gasteiger partial charge in [0, 0.05) is 23.3 Å². The number of hydrogen-bond acceptors (Lipinski definition) is 5. The zero-order chi connectivity index (χ0) is 21.4. The number of amides is 1. The molecule has 0 spiro atoms. The van der Waals surface area contributed by atoms with Crippen molar-refractivity contribution in [3.8, 4) is 11.3 Å². The van der Waals surface area contributed by atoms with E-state index in [1.54, 1.807) is 31.2 Å². The number of anilines is 1. The van der Waals surface area contributed by atoms with Crippen LogP contribution in [0.3, 0.4) is 0 Å². The van der Waals surface area contributed by atoms with Gasteiger partial charge >= 0.3 is 0 Å². The highest BCUT2D eigenvalue weighted by atomic mass is 16.3. The van der Waals surface area contributed by atoms with Gasteiger partial charge in [0.2, 0.25) is 0 Å². The summed E-state index contributed by atoms with van der Waals surface area (Å²) in [5, 5.41) is 3.15. The van der Waals surface area contributed by atoms with Crippen LogP contribution in [-0.2, 0) is 0 Å². The van der Waals surface area contributed by atoms with Gasteiger partial charge < -0.3 is 14.7 Å². The first-order valence-electron chi connectivity index (χ1n) is 9.35. The number of nitrogens with zero attached hydrogens (tertiary/aromatic N) is 1. The van der Waals surface area contributed by atoms with Gasteiger partial charge in [0.15, 0.2) is 5.43 Å². The summed E-state index contributed by atoms with van der Waals surface area (Å²) in [5.41, 5.74) is 3.05. The predicted molar refractivity (Wildman–Crippen MR) is 115 cm³/mol. The van der Waals surface area contributed by atoms with Gasteiger partial charge in [0.25, 0.3) is 11.5 Å². The quantitative estimate of drug-likeness (QED) is 0.544. The van der Waals surface area contributed by atoms with Crippen LogP contribution in [0.5, 0.6) is 0 Å². The second-order valence-corrected chi connectivity index (χ2v) is 7.18. The molecule has 2 heterocycles. The molecule has 7 heteroatoms. The second-order valence-electron chi connectivity index (χ2n) is 7.18. The molecule has 0 saturated heterocycles. The first-order chi connectivity index (χ1) is 14.3. The minimum Gasteiger partial charge on any atom is -0.456 e. The molecule has 0 saturated carbocycles. The molecule has 4 rings (SSSR count). The van der Waals surface area contributed by atoms with Crippen molar-refractivity contribution in [1.29, 1.82) is 0 Å². The van der Waals surface area contributed by atoms with E-state index in [2.05, 4.69) is 15.3 Å². The number of rotatable bonds is 3. The molecule has 2 N–H and O–H groups in total. The SMILES string of the molecule is Cc1cc(C)c2oc(-c3ccc(C(=O)Nc4cc(=O)[nH]c(C)n4)cc3)cc(=O)c2c1. The number of aromatic nitrogens is 2. The fourth-order valence-electron chi connectivity index (χ4n) is 3.37. The Balaban J connectivity index is 1.64. The molecule has 150 valence electrons. The molecule has 0 radical (unpaired) electrons. The van der Waals surface area contributed by atoms with Crippen LogP contribution in [0.1, 0.15) is 27.3 Å². The van der Waals surface area contributed by atoms with E-state index in [4.69, 9.17) is 4.42 Å². The summed E-state index contributed by atoms with van der Waals surface area (Å²) in [5.74, 6) is 0.616. The van der Waals surface area contributed by atoms with Crippen LogP contribution < -0.4 is 16.3 Å². The predicted octanol–water partition coefficient (Wildman–Crippen LogP) is 3.72.